The highest BCUT2D eigenvalue weighted by atomic mass is 16.4. The van der Waals surface area contributed by atoms with Gasteiger partial charge in [0, 0.05) is 31.0 Å². The van der Waals surface area contributed by atoms with Crippen LogP contribution in [0.15, 0.2) is 72.3 Å². The van der Waals surface area contributed by atoms with Crippen LogP contribution < -0.4 is 9.80 Å². The van der Waals surface area contributed by atoms with Gasteiger partial charge in [0.2, 0.25) is 0 Å². The predicted molar refractivity (Wildman–Crippen MR) is 139 cm³/mol. The number of carbonyl (C=O) groups excluding carboxylic acids is 2. The number of anilines is 2. The molecule has 1 fully saturated rings. The molecular weight excluding hydrogens is 456 g/mol. The van der Waals surface area contributed by atoms with Crippen molar-refractivity contribution >= 4 is 34.8 Å². The Kier molecular flexibility index (Phi) is 6.66. The van der Waals surface area contributed by atoms with Gasteiger partial charge in [0.15, 0.2) is 0 Å². The number of aliphatic carboxylic acids is 1. The van der Waals surface area contributed by atoms with Gasteiger partial charge in [-0.05, 0) is 66.4 Å². The Labute approximate surface area is 209 Å². The smallest absolute Gasteiger partial charge is 0.307 e. The van der Waals surface area contributed by atoms with Crippen molar-refractivity contribution in [1.29, 1.82) is 0 Å². The zero-order valence-corrected chi connectivity index (χ0v) is 20.6. The maximum Gasteiger partial charge on any atom is 0.307 e. The van der Waals surface area contributed by atoms with Crippen LogP contribution in [-0.4, -0.2) is 42.0 Å². The SMILES string of the molecule is Cc1ccc(/C(O)=C2/C(=O)C(=O)N(c3ccc(CC(=O)O)cc3)C2c2ccc(N(C)C)cc2)cc1C. The number of carbonyl (C=O) groups is 3. The van der Waals surface area contributed by atoms with Gasteiger partial charge in [-0.25, -0.2) is 0 Å². The van der Waals surface area contributed by atoms with Crippen LogP contribution in [-0.2, 0) is 20.8 Å². The number of nitrogens with zero attached hydrogens (tertiary/aromatic N) is 2. The van der Waals surface area contributed by atoms with Crippen molar-refractivity contribution in [2.24, 2.45) is 0 Å². The molecule has 3 aromatic rings. The second-order valence-electron chi connectivity index (χ2n) is 9.19. The number of aryl methyl sites for hydroxylation is 2. The molecular formula is C29H28N2O5. The van der Waals surface area contributed by atoms with E-state index in [2.05, 4.69) is 0 Å². The van der Waals surface area contributed by atoms with Crippen molar-refractivity contribution in [3.8, 4) is 0 Å². The highest BCUT2D eigenvalue weighted by Gasteiger charge is 2.47. The Balaban J connectivity index is 1.88. The molecule has 0 aliphatic carbocycles. The van der Waals surface area contributed by atoms with Crippen LogP contribution >= 0.6 is 0 Å². The van der Waals surface area contributed by atoms with Crippen LogP contribution in [0.2, 0.25) is 0 Å². The summed E-state index contributed by atoms with van der Waals surface area (Å²) in [6.07, 6.45) is -0.151. The third-order valence-corrected chi connectivity index (χ3v) is 6.52. The molecule has 7 nitrogen and oxygen atoms in total. The number of Topliss-reactive ketones (excluding diaryl/α,β-unsaturated/α-hetero) is 1. The van der Waals surface area contributed by atoms with Crippen LogP contribution in [0.4, 0.5) is 11.4 Å². The first-order chi connectivity index (χ1) is 17.1. The number of hydrogen-bond acceptors (Lipinski definition) is 5. The monoisotopic (exact) mass is 484 g/mol. The van der Waals surface area contributed by atoms with E-state index in [1.54, 1.807) is 36.4 Å². The second-order valence-corrected chi connectivity index (χ2v) is 9.19. The molecule has 0 radical (unpaired) electrons. The van der Waals surface area contributed by atoms with Crippen molar-refractivity contribution < 1.29 is 24.6 Å². The van der Waals surface area contributed by atoms with Crippen molar-refractivity contribution in [3.63, 3.8) is 0 Å². The molecule has 7 heteroatoms. The topological polar surface area (TPSA) is 98.2 Å². The van der Waals surface area contributed by atoms with Gasteiger partial charge in [-0.15, -0.1) is 0 Å². The van der Waals surface area contributed by atoms with E-state index < -0.39 is 23.7 Å². The largest absolute Gasteiger partial charge is 0.507 e. The highest BCUT2D eigenvalue weighted by Crippen LogP contribution is 2.42. The summed E-state index contributed by atoms with van der Waals surface area (Å²) in [6.45, 7) is 3.87. The summed E-state index contributed by atoms with van der Waals surface area (Å²) in [7, 11) is 3.83. The number of amides is 1. The fourth-order valence-electron chi connectivity index (χ4n) is 4.36. The highest BCUT2D eigenvalue weighted by molar-refractivity contribution is 6.51. The lowest BCUT2D eigenvalue weighted by Crippen LogP contribution is -2.29. The van der Waals surface area contributed by atoms with Crippen LogP contribution in [0.1, 0.15) is 33.9 Å². The van der Waals surface area contributed by atoms with Crippen LogP contribution in [0, 0.1) is 13.8 Å². The van der Waals surface area contributed by atoms with Gasteiger partial charge < -0.3 is 15.1 Å². The molecule has 0 aromatic heterocycles. The molecule has 2 N–H and O–H groups in total. The molecule has 1 aliphatic rings. The minimum atomic E-state index is -0.961. The molecule has 1 amide bonds. The minimum absolute atomic E-state index is 0.00969. The number of rotatable bonds is 6. The maximum absolute atomic E-state index is 13.3. The van der Waals surface area contributed by atoms with Crippen molar-refractivity contribution in [3.05, 3.63) is 100 Å². The molecule has 1 atom stereocenters. The Morgan fingerprint density at radius 1 is 0.889 bits per heavy atom. The molecule has 0 saturated carbocycles. The third kappa shape index (κ3) is 4.60. The Morgan fingerprint density at radius 3 is 2.08 bits per heavy atom. The molecule has 4 rings (SSSR count). The van der Waals surface area contributed by atoms with E-state index in [1.807, 2.05) is 63.2 Å². The summed E-state index contributed by atoms with van der Waals surface area (Å²) >= 11 is 0. The van der Waals surface area contributed by atoms with Gasteiger partial charge >= 0.3 is 5.97 Å². The number of benzene rings is 3. The van der Waals surface area contributed by atoms with E-state index in [1.165, 1.54) is 4.90 Å². The Morgan fingerprint density at radius 2 is 1.53 bits per heavy atom. The molecule has 0 bridgehead atoms. The molecule has 1 saturated heterocycles. The van der Waals surface area contributed by atoms with E-state index in [9.17, 15) is 19.5 Å². The van der Waals surface area contributed by atoms with Crippen molar-refractivity contribution in [1.82, 2.24) is 0 Å². The summed E-state index contributed by atoms with van der Waals surface area (Å²) in [6, 6.07) is 18.5. The first-order valence-electron chi connectivity index (χ1n) is 11.5. The number of aliphatic hydroxyl groups excluding tert-OH is 1. The minimum Gasteiger partial charge on any atom is -0.507 e. The lowest BCUT2D eigenvalue weighted by atomic mass is 9.94. The van der Waals surface area contributed by atoms with Crippen LogP contribution in [0.3, 0.4) is 0 Å². The van der Waals surface area contributed by atoms with E-state index in [4.69, 9.17) is 5.11 Å². The van der Waals surface area contributed by atoms with Gasteiger partial charge in [0.05, 0.1) is 18.0 Å². The number of carboxylic acids is 1. The number of carboxylic acid groups (broad SMARTS) is 1. The fraction of sp³-hybridized carbons (Fsp3) is 0.207. The van der Waals surface area contributed by atoms with Crippen molar-refractivity contribution in [2.45, 2.75) is 26.3 Å². The van der Waals surface area contributed by atoms with Crippen LogP contribution in [0.25, 0.3) is 5.76 Å². The average Bonchev–Trinajstić information content (AvgIpc) is 3.11. The van der Waals surface area contributed by atoms with E-state index in [0.29, 0.717) is 22.4 Å². The lowest BCUT2D eigenvalue weighted by Gasteiger charge is -2.26. The quantitative estimate of drug-likeness (QED) is 0.301. The standard InChI is InChI=1S/C29H28N2O5/c1-17-5-8-21(15-18(17)2)27(34)25-26(20-9-13-22(14-10-20)30(3)4)31(29(36)28(25)35)23-11-6-19(7-12-23)16-24(32)33/h5-15,26,34H,16H2,1-4H3,(H,32,33)/b27-25-. The molecule has 1 unspecified atom stereocenters. The molecule has 1 aliphatic heterocycles. The first kappa shape index (κ1) is 24.7. The number of aliphatic hydroxyl groups is 1. The maximum atomic E-state index is 13.3. The summed E-state index contributed by atoms with van der Waals surface area (Å²) < 4.78 is 0. The summed E-state index contributed by atoms with van der Waals surface area (Å²) in [5.74, 6) is -2.73. The van der Waals surface area contributed by atoms with Gasteiger partial charge in [-0.2, -0.15) is 0 Å². The van der Waals surface area contributed by atoms with E-state index in [0.717, 1.165) is 16.8 Å². The lowest BCUT2D eigenvalue weighted by molar-refractivity contribution is -0.136. The van der Waals surface area contributed by atoms with Gasteiger partial charge in [-0.1, -0.05) is 36.4 Å². The van der Waals surface area contributed by atoms with E-state index >= 15 is 0 Å². The predicted octanol–water partition coefficient (Wildman–Crippen LogP) is 4.62. The number of hydrogen-bond donors (Lipinski definition) is 2. The van der Waals surface area contributed by atoms with E-state index in [-0.39, 0.29) is 17.8 Å². The number of ketones is 1. The molecule has 1 heterocycles. The second kappa shape index (κ2) is 9.70. The van der Waals surface area contributed by atoms with Gasteiger partial charge in [-0.3, -0.25) is 19.3 Å². The molecule has 184 valence electrons. The summed E-state index contributed by atoms with van der Waals surface area (Å²) in [5.41, 5.74) is 5.09. The Bertz CT molecular complexity index is 1370. The fourth-order valence-corrected chi connectivity index (χ4v) is 4.36. The van der Waals surface area contributed by atoms with Crippen molar-refractivity contribution in [2.75, 3.05) is 23.9 Å². The summed E-state index contributed by atoms with van der Waals surface area (Å²) in [5, 5.41) is 20.4. The molecule has 0 spiro atoms. The van der Waals surface area contributed by atoms with Gasteiger partial charge in [0.25, 0.3) is 11.7 Å². The molecule has 36 heavy (non-hydrogen) atoms. The molecule has 3 aromatic carbocycles. The third-order valence-electron chi connectivity index (χ3n) is 6.52. The zero-order chi connectivity index (χ0) is 26.1. The Hall–Kier alpha value is -4.39. The normalized spacial score (nSPS) is 16.9. The van der Waals surface area contributed by atoms with Gasteiger partial charge in [0.1, 0.15) is 5.76 Å². The van der Waals surface area contributed by atoms with Crippen LogP contribution in [0.5, 0.6) is 0 Å². The summed E-state index contributed by atoms with van der Waals surface area (Å²) in [4.78, 5) is 41.0. The average molecular weight is 485 g/mol. The first-order valence-corrected chi connectivity index (χ1v) is 11.5. The zero-order valence-electron chi connectivity index (χ0n) is 20.6.